The standard InChI is InChI=1S/C14H16O2/c15-14(16)12-7-3-5-10-8-9-4-1-2-6-11(9)13(10)12/h1-2,4,6,10,12-13H,3,5,7-8H2,(H,15,16). The average Bonchev–Trinajstić information content (AvgIpc) is 2.66. The number of carboxylic acids is 1. The van der Waals surface area contributed by atoms with Crippen molar-refractivity contribution >= 4 is 5.97 Å². The first-order chi connectivity index (χ1) is 7.77. The molecule has 0 amide bonds. The summed E-state index contributed by atoms with van der Waals surface area (Å²) in [6.07, 6.45) is 4.21. The first-order valence-corrected chi connectivity index (χ1v) is 6.08. The van der Waals surface area contributed by atoms with Gasteiger partial charge in [0.25, 0.3) is 0 Å². The van der Waals surface area contributed by atoms with Gasteiger partial charge in [0.1, 0.15) is 0 Å². The minimum Gasteiger partial charge on any atom is -0.481 e. The topological polar surface area (TPSA) is 37.3 Å². The van der Waals surface area contributed by atoms with Crippen LogP contribution in [-0.4, -0.2) is 11.1 Å². The minimum absolute atomic E-state index is 0.151. The maximum Gasteiger partial charge on any atom is 0.307 e. The molecule has 1 aromatic carbocycles. The Labute approximate surface area is 95.3 Å². The Hall–Kier alpha value is -1.31. The lowest BCUT2D eigenvalue weighted by atomic mass is 9.72. The van der Waals surface area contributed by atoms with Crippen molar-refractivity contribution in [2.24, 2.45) is 11.8 Å². The third-order valence-electron chi connectivity index (χ3n) is 4.24. The number of carbonyl (C=O) groups is 1. The van der Waals surface area contributed by atoms with Crippen molar-refractivity contribution in [3.05, 3.63) is 35.4 Å². The molecule has 2 aliphatic rings. The molecule has 1 saturated carbocycles. The van der Waals surface area contributed by atoms with Crippen molar-refractivity contribution < 1.29 is 9.90 Å². The summed E-state index contributed by atoms with van der Waals surface area (Å²) < 4.78 is 0. The second-order valence-corrected chi connectivity index (χ2v) is 5.06. The molecule has 0 aromatic heterocycles. The third kappa shape index (κ3) is 1.36. The van der Waals surface area contributed by atoms with E-state index in [4.69, 9.17) is 0 Å². The van der Waals surface area contributed by atoms with Crippen molar-refractivity contribution in [1.82, 2.24) is 0 Å². The first-order valence-electron chi connectivity index (χ1n) is 6.08. The molecule has 16 heavy (non-hydrogen) atoms. The lowest BCUT2D eigenvalue weighted by Crippen LogP contribution is -2.29. The van der Waals surface area contributed by atoms with E-state index in [0.717, 1.165) is 19.3 Å². The Kier molecular flexibility index (Phi) is 2.23. The van der Waals surface area contributed by atoms with Crippen molar-refractivity contribution in [1.29, 1.82) is 0 Å². The number of fused-ring (bicyclic) bond motifs is 3. The number of aliphatic carboxylic acids is 1. The summed E-state index contributed by atoms with van der Waals surface area (Å²) in [5, 5.41) is 9.31. The molecule has 2 nitrogen and oxygen atoms in total. The quantitative estimate of drug-likeness (QED) is 0.783. The lowest BCUT2D eigenvalue weighted by molar-refractivity contribution is -0.144. The van der Waals surface area contributed by atoms with E-state index in [1.54, 1.807) is 0 Å². The number of carboxylic acid groups (broad SMARTS) is 1. The van der Waals surface area contributed by atoms with Crippen molar-refractivity contribution in [3.63, 3.8) is 0 Å². The molecule has 84 valence electrons. The fraction of sp³-hybridized carbons (Fsp3) is 0.500. The number of hydrogen-bond donors (Lipinski definition) is 1. The Morgan fingerprint density at radius 3 is 2.88 bits per heavy atom. The van der Waals surface area contributed by atoms with Gasteiger partial charge in [0, 0.05) is 5.92 Å². The second kappa shape index (κ2) is 3.62. The Bertz CT molecular complexity index is 424. The Morgan fingerprint density at radius 2 is 2.06 bits per heavy atom. The van der Waals surface area contributed by atoms with Gasteiger partial charge >= 0.3 is 5.97 Å². The van der Waals surface area contributed by atoms with E-state index < -0.39 is 5.97 Å². The molecular weight excluding hydrogens is 200 g/mol. The van der Waals surface area contributed by atoms with Gasteiger partial charge in [-0.15, -0.1) is 0 Å². The molecule has 0 aliphatic heterocycles. The van der Waals surface area contributed by atoms with Crippen LogP contribution in [0.1, 0.15) is 36.3 Å². The summed E-state index contributed by atoms with van der Waals surface area (Å²) in [5.41, 5.74) is 2.69. The van der Waals surface area contributed by atoms with Gasteiger partial charge < -0.3 is 5.11 Å². The molecule has 0 bridgehead atoms. The molecule has 3 atom stereocenters. The first kappa shape index (κ1) is 9.88. The maximum atomic E-state index is 11.3. The predicted octanol–water partition coefficient (Wildman–Crippen LogP) is 2.83. The highest BCUT2D eigenvalue weighted by Crippen LogP contribution is 2.49. The van der Waals surface area contributed by atoms with Gasteiger partial charge in [-0.2, -0.15) is 0 Å². The highest BCUT2D eigenvalue weighted by Gasteiger charge is 2.42. The summed E-state index contributed by atoms with van der Waals surface area (Å²) in [6, 6.07) is 8.38. The number of hydrogen-bond acceptors (Lipinski definition) is 1. The molecule has 3 rings (SSSR count). The van der Waals surface area contributed by atoms with Crippen LogP contribution in [0.5, 0.6) is 0 Å². The van der Waals surface area contributed by atoms with Gasteiger partial charge in [0.15, 0.2) is 0 Å². The summed E-state index contributed by atoms with van der Waals surface area (Å²) >= 11 is 0. The minimum atomic E-state index is -0.605. The average molecular weight is 216 g/mol. The van der Waals surface area contributed by atoms with Gasteiger partial charge in [-0.25, -0.2) is 0 Å². The smallest absolute Gasteiger partial charge is 0.307 e. The van der Waals surface area contributed by atoms with Crippen molar-refractivity contribution in [3.8, 4) is 0 Å². The van der Waals surface area contributed by atoms with Crippen LogP contribution in [0.3, 0.4) is 0 Å². The zero-order valence-electron chi connectivity index (χ0n) is 9.23. The van der Waals surface area contributed by atoms with Crippen molar-refractivity contribution in [2.75, 3.05) is 0 Å². The Balaban J connectivity index is 2.02. The monoisotopic (exact) mass is 216 g/mol. The Morgan fingerprint density at radius 1 is 1.25 bits per heavy atom. The van der Waals surface area contributed by atoms with Crippen LogP contribution in [0.15, 0.2) is 24.3 Å². The molecule has 0 heterocycles. The highest BCUT2D eigenvalue weighted by molar-refractivity contribution is 5.72. The van der Waals surface area contributed by atoms with Crippen LogP contribution >= 0.6 is 0 Å². The van der Waals surface area contributed by atoms with E-state index in [2.05, 4.69) is 18.2 Å². The summed E-state index contributed by atoms with van der Waals surface area (Å²) in [6.45, 7) is 0. The molecule has 0 spiro atoms. The van der Waals surface area contributed by atoms with Crippen LogP contribution in [0.25, 0.3) is 0 Å². The van der Waals surface area contributed by atoms with Crippen LogP contribution in [0, 0.1) is 11.8 Å². The lowest BCUT2D eigenvalue weighted by Gasteiger charge is -2.31. The van der Waals surface area contributed by atoms with E-state index >= 15 is 0 Å². The molecule has 2 heteroatoms. The van der Waals surface area contributed by atoms with E-state index in [-0.39, 0.29) is 11.8 Å². The molecule has 1 N–H and O–H groups in total. The summed E-state index contributed by atoms with van der Waals surface area (Å²) in [4.78, 5) is 11.3. The molecule has 2 aliphatic carbocycles. The number of rotatable bonds is 1. The molecule has 3 unspecified atom stereocenters. The SMILES string of the molecule is O=C(O)C1CCCC2Cc3ccccc3C21. The third-order valence-corrected chi connectivity index (χ3v) is 4.24. The van der Waals surface area contributed by atoms with E-state index in [9.17, 15) is 9.90 Å². The van der Waals surface area contributed by atoms with Crippen LogP contribution in [0.2, 0.25) is 0 Å². The van der Waals surface area contributed by atoms with Gasteiger partial charge in [-0.05, 0) is 36.3 Å². The largest absolute Gasteiger partial charge is 0.481 e. The van der Waals surface area contributed by atoms with E-state index in [1.165, 1.54) is 17.5 Å². The fourth-order valence-corrected chi connectivity index (χ4v) is 3.59. The molecular formula is C14H16O2. The highest BCUT2D eigenvalue weighted by atomic mass is 16.4. The van der Waals surface area contributed by atoms with Crippen LogP contribution in [0.4, 0.5) is 0 Å². The summed E-state index contributed by atoms with van der Waals surface area (Å²) in [7, 11) is 0. The fourth-order valence-electron chi connectivity index (χ4n) is 3.59. The molecule has 0 radical (unpaired) electrons. The molecule has 1 aromatic rings. The van der Waals surface area contributed by atoms with Crippen molar-refractivity contribution in [2.45, 2.75) is 31.6 Å². The van der Waals surface area contributed by atoms with Crippen LogP contribution < -0.4 is 0 Å². The maximum absolute atomic E-state index is 11.3. The zero-order valence-corrected chi connectivity index (χ0v) is 9.23. The van der Waals surface area contributed by atoms with Gasteiger partial charge in [-0.1, -0.05) is 30.7 Å². The van der Waals surface area contributed by atoms with Gasteiger partial charge in [0.05, 0.1) is 5.92 Å². The number of benzene rings is 1. The van der Waals surface area contributed by atoms with Gasteiger partial charge in [-0.3, -0.25) is 4.79 Å². The van der Waals surface area contributed by atoms with Gasteiger partial charge in [0.2, 0.25) is 0 Å². The molecule has 0 saturated heterocycles. The summed E-state index contributed by atoms with van der Waals surface area (Å²) in [5.74, 6) is 0.100. The second-order valence-electron chi connectivity index (χ2n) is 5.06. The normalized spacial score (nSPS) is 31.9. The predicted molar refractivity (Wildman–Crippen MR) is 61.4 cm³/mol. The zero-order chi connectivity index (χ0) is 11.1. The van der Waals surface area contributed by atoms with E-state index in [0.29, 0.717) is 5.92 Å². The van der Waals surface area contributed by atoms with E-state index in [1.807, 2.05) is 6.07 Å². The van der Waals surface area contributed by atoms with Crippen LogP contribution in [-0.2, 0) is 11.2 Å². The molecule has 1 fully saturated rings.